The molecule has 0 saturated carbocycles. The fourth-order valence-corrected chi connectivity index (χ4v) is 2.61. The Kier molecular flexibility index (Phi) is 3.74. The summed E-state index contributed by atoms with van der Waals surface area (Å²) in [5, 5.41) is 0. The van der Waals surface area contributed by atoms with Crippen LogP contribution < -0.4 is 4.74 Å². The van der Waals surface area contributed by atoms with E-state index in [2.05, 4.69) is 9.97 Å². The zero-order valence-electron chi connectivity index (χ0n) is 12.8. The molecule has 0 N–H and O–H groups in total. The second kappa shape index (κ2) is 6.19. The molecule has 0 saturated heterocycles. The van der Waals surface area contributed by atoms with E-state index in [1.54, 1.807) is 4.90 Å². The van der Waals surface area contributed by atoms with Crippen molar-refractivity contribution in [1.29, 1.82) is 0 Å². The van der Waals surface area contributed by atoms with E-state index in [0.29, 0.717) is 31.2 Å². The minimum Gasteiger partial charge on any atom is -0.484 e. The maximum atomic E-state index is 12.3. The van der Waals surface area contributed by atoms with Crippen molar-refractivity contribution < 1.29 is 18.4 Å². The molecule has 4 rings (SSSR count). The van der Waals surface area contributed by atoms with E-state index in [0.717, 1.165) is 11.4 Å². The Morgan fingerprint density at radius 3 is 2.96 bits per heavy atom. The molecule has 1 amide bonds. The highest BCUT2D eigenvalue weighted by Gasteiger charge is 2.28. The monoisotopic (exact) mass is 325 g/mol. The quantitative estimate of drug-likeness (QED) is 0.733. The van der Waals surface area contributed by atoms with Gasteiger partial charge in [-0.3, -0.25) is 4.79 Å². The van der Waals surface area contributed by atoms with Crippen LogP contribution in [0.3, 0.4) is 0 Å². The van der Waals surface area contributed by atoms with Crippen molar-refractivity contribution in [3.05, 3.63) is 66.0 Å². The van der Waals surface area contributed by atoms with Gasteiger partial charge in [-0.15, -0.1) is 0 Å². The number of oxazole rings is 2. The SMILES string of the molecule is O=C(c1ncco1)N1CCc2nc(COc3ccccc3)oc2C1. The predicted octanol–water partition coefficient (Wildman–Crippen LogP) is 2.44. The molecule has 1 aliphatic rings. The number of hydrogen-bond donors (Lipinski definition) is 0. The molecule has 0 bridgehead atoms. The number of para-hydroxylation sites is 1. The van der Waals surface area contributed by atoms with Gasteiger partial charge in [0.15, 0.2) is 6.61 Å². The van der Waals surface area contributed by atoms with E-state index in [-0.39, 0.29) is 18.4 Å². The highest BCUT2D eigenvalue weighted by atomic mass is 16.5. The summed E-state index contributed by atoms with van der Waals surface area (Å²) in [6, 6.07) is 9.49. The van der Waals surface area contributed by atoms with Crippen LogP contribution in [-0.4, -0.2) is 27.3 Å². The summed E-state index contributed by atoms with van der Waals surface area (Å²) < 4.78 is 16.4. The molecule has 0 spiro atoms. The number of carbonyl (C=O) groups excluding carboxylic acids is 1. The zero-order chi connectivity index (χ0) is 16.4. The lowest BCUT2D eigenvalue weighted by atomic mass is 10.1. The van der Waals surface area contributed by atoms with Gasteiger partial charge in [0.05, 0.1) is 18.4 Å². The summed E-state index contributed by atoms with van der Waals surface area (Å²) in [5.41, 5.74) is 0.873. The largest absolute Gasteiger partial charge is 0.484 e. The molecule has 0 atom stereocenters. The highest BCUT2D eigenvalue weighted by Crippen LogP contribution is 2.22. The van der Waals surface area contributed by atoms with Crippen LogP contribution in [0.5, 0.6) is 5.75 Å². The lowest BCUT2D eigenvalue weighted by Crippen LogP contribution is -2.35. The third kappa shape index (κ3) is 2.88. The molecule has 1 aliphatic heterocycles. The van der Waals surface area contributed by atoms with E-state index in [1.165, 1.54) is 12.5 Å². The van der Waals surface area contributed by atoms with Crippen LogP contribution in [0, 0.1) is 0 Å². The van der Waals surface area contributed by atoms with Crippen molar-refractivity contribution in [2.24, 2.45) is 0 Å². The fraction of sp³-hybridized carbons (Fsp3) is 0.235. The zero-order valence-corrected chi connectivity index (χ0v) is 12.8. The number of benzene rings is 1. The maximum absolute atomic E-state index is 12.3. The second-order valence-corrected chi connectivity index (χ2v) is 5.39. The molecule has 1 aromatic carbocycles. The first kappa shape index (κ1) is 14.5. The molecule has 0 unspecified atom stereocenters. The maximum Gasteiger partial charge on any atom is 0.310 e. The Hall–Kier alpha value is -3.09. The van der Waals surface area contributed by atoms with Gasteiger partial charge in [0.2, 0.25) is 5.89 Å². The van der Waals surface area contributed by atoms with Crippen LogP contribution in [0.1, 0.15) is 28.0 Å². The number of fused-ring (bicyclic) bond motifs is 1. The molecule has 7 nitrogen and oxygen atoms in total. The summed E-state index contributed by atoms with van der Waals surface area (Å²) in [4.78, 5) is 22.3. The lowest BCUT2D eigenvalue weighted by Gasteiger charge is -2.23. The minimum atomic E-state index is -0.246. The molecule has 3 aromatic rings. The number of amides is 1. The third-order valence-electron chi connectivity index (χ3n) is 3.78. The summed E-state index contributed by atoms with van der Waals surface area (Å²) in [7, 11) is 0. The fourth-order valence-electron chi connectivity index (χ4n) is 2.61. The van der Waals surface area contributed by atoms with Crippen LogP contribution >= 0.6 is 0 Å². The van der Waals surface area contributed by atoms with Crippen molar-refractivity contribution >= 4 is 5.91 Å². The van der Waals surface area contributed by atoms with Gasteiger partial charge < -0.3 is 18.5 Å². The van der Waals surface area contributed by atoms with E-state index < -0.39 is 0 Å². The van der Waals surface area contributed by atoms with Crippen LogP contribution in [-0.2, 0) is 19.6 Å². The minimum absolute atomic E-state index is 0.0885. The Morgan fingerprint density at radius 1 is 1.29 bits per heavy atom. The van der Waals surface area contributed by atoms with E-state index in [1.807, 2.05) is 30.3 Å². The van der Waals surface area contributed by atoms with Crippen molar-refractivity contribution in [2.75, 3.05) is 6.54 Å². The molecule has 122 valence electrons. The number of ether oxygens (including phenoxy) is 1. The van der Waals surface area contributed by atoms with Crippen LogP contribution in [0.15, 0.2) is 51.6 Å². The first-order chi connectivity index (χ1) is 11.8. The van der Waals surface area contributed by atoms with Gasteiger partial charge in [-0.25, -0.2) is 9.97 Å². The smallest absolute Gasteiger partial charge is 0.310 e. The van der Waals surface area contributed by atoms with Crippen molar-refractivity contribution in [2.45, 2.75) is 19.6 Å². The highest BCUT2D eigenvalue weighted by molar-refractivity contribution is 5.89. The molecule has 0 aliphatic carbocycles. The second-order valence-electron chi connectivity index (χ2n) is 5.39. The van der Waals surface area contributed by atoms with Crippen LogP contribution in [0.25, 0.3) is 0 Å². The number of nitrogens with zero attached hydrogens (tertiary/aromatic N) is 3. The first-order valence-electron chi connectivity index (χ1n) is 7.63. The summed E-state index contributed by atoms with van der Waals surface area (Å²) in [6.07, 6.45) is 3.47. The standard InChI is InChI=1S/C17H15N3O4/c21-17(16-18-7-9-22-16)20-8-6-13-14(10-20)24-15(19-13)11-23-12-4-2-1-3-5-12/h1-5,7,9H,6,8,10-11H2. The van der Waals surface area contributed by atoms with E-state index in [4.69, 9.17) is 13.6 Å². The van der Waals surface area contributed by atoms with Crippen molar-refractivity contribution in [3.63, 3.8) is 0 Å². The average molecular weight is 325 g/mol. The summed E-state index contributed by atoms with van der Waals surface area (Å²) in [6.45, 7) is 1.17. The predicted molar refractivity (Wildman–Crippen MR) is 82.2 cm³/mol. The van der Waals surface area contributed by atoms with Gasteiger partial charge in [0.1, 0.15) is 17.8 Å². The van der Waals surface area contributed by atoms with Crippen LogP contribution in [0.4, 0.5) is 0 Å². The van der Waals surface area contributed by atoms with Crippen LogP contribution in [0.2, 0.25) is 0 Å². The van der Waals surface area contributed by atoms with E-state index >= 15 is 0 Å². The van der Waals surface area contributed by atoms with Gasteiger partial charge in [0, 0.05) is 13.0 Å². The van der Waals surface area contributed by atoms with Crippen molar-refractivity contribution in [1.82, 2.24) is 14.9 Å². The molecule has 7 heteroatoms. The molecule has 2 aromatic heterocycles. The van der Waals surface area contributed by atoms with Crippen molar-refractivity contribution in [3.8, 4) is 5.75 Å². The normalized spacial score (nSPS) is 13.6. The number of hydrogen-bond acceptors (Lipinski definition) is 6. The topological polar surface area (TPSA) is 81.6 Å². The Labute approximate surface area is 137 Å². The Bertz CT molecular complexity index is 827. The van der Waals surface area contributed by atoms with Gasteiger partial charge in [-0.2, -0.15) is 0 Å². The Balaban J connectivity index is 1.43. The van der Waals surface area contributed by atoms with E-state index in [9.17, 15) is 4.79 Å². The number of rotatable bonds is 4. The summed E-state index contributed by atoms with van der Waals surface area (Å²) >= 11 is 0. The average Bonchev–Trinajstić information content (AvgIpc) is 3.29. The molecular weight excluding hydrogens is 310 g/mol. The molecule has 3 heterocycles. The van der Waals surface area contributed by atoms with Gasteiger partial charge in [0.25, 0.3) is 5.89 Å². The molecule has 0 radical (unpaired) electrons. The molecule has 0 fully saturated rings. The van der Waals surface area contributed by atoms with Gasteiger partial charge in [-0.1, -0.05) is 18.2 Å². The third-order valence-corrected chi connectivity index (χ3v) is 3.78. The Morgan fingerprint density at radius 2 is 2.17 bits per heavy atom. The van der Waals surface area contributed by atoms with Gasteiger partial charge >= 0.3 is 5.91 Å². The lowest BCUT2D eigenvalue weighted by molar-refractivity contribution is 0.0677. The molecular formula is C17H15N3O4. The summed E-state index contributed by atoms with van der Waals surface area (Å²) in [5.74, 6) is 1.80. The van der Waals surface area contributed by atoms with Gasteiger partial charge in [-0.05, 0) is 12.1 Å². The first-order valence-corrected chi connectivity index (χ1v) is 7.63. The number of aromatic nitrogens is 2. The number of carbonyl (C=O) groups is 1. The molecule has 24 heavy (non-hydrogen) atoms.